The third-order valence-electron chi connectivity index (χ3n) is 2.46. The quantitative estimate of drug-likeness (QED) is 0.707. The molecule has 0 nitrogen and oxygen atoms in total. The molecule has 0 saturated carbocycles. The smallest absolute Gasteiger partial charge is 0.166 e. The maximum Gasteiger partial charge on any atom is 0.166 e. The predicted octanol–water partition coefficient (Wildman–Crippen LogP) is 4.67. The Morgan fingerprint density at radius 1 is 0.824 bits per heavy atom. The minimum absolute atomic E-state index is 0.0645. The molecule has 2 aromatic rings. The zero-order valence-electron chi connectivity index (χ0n) is 8.68. The summed E-state index contributed by atoms with van der Waals surface area (Å²) < 4.78 is 40.6. The molecule has 0 aliphatic rings. The molecule has 2 rings (SSSR count). The van der Waals surface area contributed by atoms with Crippen LogP contribution in [0.1, 0.15) is 5.56 Å². The van der Waals surface area contributed by atoms with Gasteiger partial charge in [0.2, 0.25) is 0 Å². The molecule has 0 saturated heterocycles. The number of hydrogen-bond acceptors (Lipinski definition) is 0. The zero-order valence-corrected chi connectivity index (χ0v) is 10.3. The van der Waals surface area contributed by atoms with Gasteiger partial charge in [0.1, 0.15) is 5.82 Å². The fourth-order valence-electron chi connectivity index (χ4n) is 1.60. The SMILES string of the molecule is Fc1cccc(-c2cccc(CBr)c2F)c1F. The minimum Gasteiger partial charge on any atom is -0.206 e. The van der Waals surface area contributed by atoms with Crippen LogP contribution in [-0.2, 0) is 5.33 Å². The Morgan fingerprint density at radius 3 is 2.06 bits per heavy atom. The Kier molecular flexibility index (Phi) is 3.52. The third-order valence-corrected chi connectivity index (χ3v) is 3.07. The minimum atomic E-state index is -1.03. The largest absolute Gasteiger partial charge is 0.206 e. The summed E-state index contributed by atoms with van der Waals surface area (Å²) in [5.41, 5.74) is 0.412. The Bertz CT molecular complexity index is 552. The summed E-state index contributed by atoms with van der Waals surface area (Å²) in [6, 6.07) is 8.34. The van der Waals surface area contributed by atoms with Gasteiger partial charge in [-0.05, 0) is 11.6 Å². The van der Waals surface area contributed by atoms with E-state index in [0.29, 0.717) is 10.9 Å². The second-order valence-corrected chi connectivity index (χ2v) is 4.07. The highest BCUT2D eigenvalue weighted by atomic mass is 79.9. The molecule has 0 bridgehead atoms. The lowest BCUT2D eigenvalue weighted by atomic mass is 10.0. The van der Waals surface area contributed by atoms with Crippen LogP contribution in [0.25, 0.3) is 11.1 Å². The first kappa shape index (κ1) is 12.2. The molecule has 0 aliphatic heterocycles. The molecule has 0 atom stereocenters. The van der Waals surface area contributed by atoms with Crippen LogP contribution in [0.4, 0.5) is 13.2 Å². The summed E-state index contributed by atoms with van der Waals surface area (Å²) in [4.78, 5) is 0. The highest BCUT2D eigenvalue weighted by Gasteiger charge is 2.14. The molecule has 0 unspecified atom stereocenters. The van der Waals surface area contributed by atoms with Gasteiger partial charge in [0.25, 0.3) is 0 Å². The van der Waals surface area contributed by atoms with Crippen LogP contribution in [-0.4, -0.2) is 0 Å². The second-order valence-electron chi connectivity index (χ2n) is 3.51. The third kappa shape index (κ3) is 2.22. The average molecular weight is 301 g/mol. The first-order chi connectivity index (χ1) is 8.15. The Balaban J connectivity index is 2.65. The van der Waals surface area contributed by atoms with Crippen LogP contribution in [0.5, 0.6) is 0 Å². The summed E-state index contributed by atoms with van der Waals surface area (Å²) in [6.07, 6.45) is 0. The summed E-state index contributed by atoms with van der Waals surface area (Å²) >= 11 is 3.14. The van der Waals surface area contributed by atoms with E-state index in [9.17, 15) is 13.2 Å². The van der Waals surface area contributed by atoms with Crippen molar-refractivity contribution in [2.24, 2.45) is 0 Å². The molecule has 2 aromatic carbocycles. The molecule has 0 N–H and O–H groups in total. The van der Waals surface area contributed by atoms with Crippen molar-refractivity contribution in [2.45, 2.75) is 5.33 Å². The van der Waals surface area contributed by atoms with Gasteiger partial charge >= 0.3 is 0 Å². The standard InChI is InChI=1S/C13H8BrF3/c14-7-8-3-1-4-9(12(8)16)10-5-2-6-11(15)13(10)17/h1-6H,7H2. The Labute approximate surface area is 105 Å². The molecule has 0 heterocycles. The first-order valence-electron chi connectivity index (χ1n) is 4.93. The lowest BCUT2D eigenvalue weighted by molar-refractivity contribution is 0.510. The van der Waals surface area contributed by atoms with Crippen molar-refractivity contribution >= 4 is 15.9 Å². The van der Waals surface area contributed by atoms with Crippen molar-refractivity contribution in [3.63, 3.8) is 0 Å². The van der Waals surface area contributed by atoms with Crippen LogP contribution >= 0.6 is 15.9 Å². The summed E-state index contributed by atoms with van der Waals surface area (Å²) in [5.74, 6) is -2.54. The molecule has 0 amide bonds. The number of hydrogen-bond donors (Lipinski definition) is 0. The van der Waals surface area contributed by atoms with Gasteiger partial charge in [-0.25, -0.2) is 13.2 Å². The maximum atomic E-state index is 14.0. The predicted molar refractivity (Wildman–Crippen MR) is 64.4 cm³/mol. The topological polar surface area (TPSA) is 0 Å². The van der Waals surface area contributed by atoms with Crippen LogP contribution in [0.3, 0.4) is 0 Å². The molecule has 0 aromatic heterocycles. The van der Waals surface area contributed by atoms with E-state index in [1.807, 2.05) is 0 Å². The van der Waals surface area contributed by atoms with E-state index in [-0.39, 0.29) is 11.1 Å². The van der Waals surface area contributed by atoms with Crippen LogP contribution in [0.2, 0.25) is 0 Å². The van der Waals surface area contributed by atoms with Crippen LogP contribution in [0.15, 0.2) is 36.4 Å². The molecular formula is C13H8BrF3. The van der Waals surface area contributed by atoms with Gasteiger partial charge in [0, 0.05) is 16.5 Å². The lowest BCUT2D eigenvalue weighted by Gasteiger charge is -2.08. The van der Waals surface area contributed by atoms with Gasteiger partial charge in [0.05, 0.1) is 0 Å². The molecule has 0 spiro atoms. The highest BCUT2D eigenvalue weighted by Crippen LogP contribution is 2.29. The normalized spacial score (nSPS) is 10.6. The van der Waals surface area contributed by atoms with Gasteiger partial charge in [-0.1, -0.05) is 46.3 Å². The van der Waals surface area contributed by atoms with Gasteiger partial charge in [-0.2, -0.15) is 0 Å². The molecular weight excluding hydrogens is 293 g/mol. The van der Waals surface area contributed by atoms with Gasteiger partial charge in [0.15, 0.2) is 11.6 Å². The molecule has 4 heteroatoms. The van der Waals surface area contributed by atoms with Crippen molar-refractivity contribution in [2.75, 3.05) is 0 Å². The Morgan fingerprint density at radius 2 is 1.41 bits per heavy atom. The van der Waals surface area contributed by atoms with Crippen molar-refractivity contribution in [1.82, 2.24) is 0 Å². The number of alkyl halides is 1. The summed E-state index contributed by atoms with van der Waals surface area (Å²) in [7, 11) is 0. The van der Waals surface area contributed by atoms with Crippen LogP contribution in [0, 0.1) is 17.5 Å². The summed E-state index contributed by atoms with van der Waals surface area (Å²) in [5, 5.41) is 0.323. The van der Waals surface area contributed by atoms with E-state index < -0.39 is 17.5 Å². The lowest BCUT2D eigenvalue weighted by Crippen LogP contribution is -1.94. The van der Waals surface area contributed by atoms with E-state index >= 15 is 0 Å². The monoisotopic (exact) mass is 300 g/mol. The fourth-order valence-corrected chi connectivity index (χ4v) is 2.04. The van der Waals surface area contributed by atoms with Crippen molar-refractivity contribution in [1.29, 1.82) is 0 Å². The van der Waals surface area contributed by atoms with E-state index in [1.165, 1.54) is 18.2 Å². The van der Waals surface area contributed by atoms with Crippen molar-refractivity contribution in [3.8, 4) is 11.1 Å². The molecule has 17 heavy (non-hydrogen) atoms. The highest BCUT2D eigenvalue weighted by molar-refractivity contribution is 9.08. The molecule has 88 valence electrons. The molecule has 0 aliphatic carbocycles. The van der Waals surface area contributed by atoms with Crippen LogP contribution < -0.4 is 0 Å². The van der Waals surface area contributed by atoms with Gasteiger partial charge in [-0.3, -0.25) is 0 Å². The van der Waals surface area contributed by atoms with E-state index in [4.69, 9.17) is 0 Å². The van der Waals surface area contributed by atoms with Gasteiger partial charge in [-0.15, -0.1) is 0 Å². The van der Waals surface area contributed by atoms with Crippen molar-refractivity contribution < 1.29 is 13.2 Å². The van der Waals surface area contributed by atoms with Crippen molar-refractivity contribution in [3.05, 3.63) is 59.4 Å². The first-order valence-corrected chi connectivity index (χ1v) is 6.05. The number of halogens is 4. The molecule has 0 radical (unpaired) electrons. The van der Waals surface area contributed by atoms with E-state index in [0.717, 1.165) is 6.07 Å². The maximum absolute atomic E-state index is 14.0. The fraction of sp³-hybridized carbons (Fsp3) is 0.0769. The molecule has 0 fully saturated rings. The Hall–Kier alpha value is -1.29. The number of rotatable bonds is 2. The average Bonchev–Trinajstić information content (AvgIpc) is 2.33. The van der Waals surface area contributed by atoms with E-state index in [2.05, 4.69) is 15.9 Å². The second kappa shape index (κ2) is 4.92. The zero-order chi connectivity index (χ0) is 12.4. The summed E-state index contributed by atoms with van der Waals surface area (Å²) in [6.45, 7) is 0. The van der Waals surface area contributed by atoms with E-state index in [1.54, 1.807) is 12.1 Å². The van der Waals surface area contributed by atoms with Gasteiger partial charge < -0.3 is 0 Å². The number of benzene rings is 2.